The van der Waals surface area contributed by atoms with Crippen LogP contribution in [0.5, 0.6) is 0 Å². The highest BCUT2D eigenvalue weighted by Crippen LogP contribution is 2.45. The van der Waals surface area contributed by atoms with E-state index in [1.165, 1.54) is 4.88 Å². The van der Waals surface area contributed by atoms with Gasteiger partial charge in [-0.05, 0) is 66.5 Å². The second kappa shape index (κ2) is 12.1. The highest BCUT2D eigenvalue weighted by atomic mass is 32.1. The molecule has 1 aliphatic carbocycles. The van der Waals surface area contributed by atoms with Crippen molar-refractivity contribution >= 4 is 51.0 Å². The third-order valence-corrected chi connectivity index (χ3v) is 9.38. The molecule has 0 radical (unpaired) electrons. The van der Waals surface area contributed by atoms with E-state index in [4.69, 9.17) is 9.41 Å². The highest BCUT2D eigenvalue weighted by Gasteiger charge is 2.33. The molecule has 2 aromatic carbocycles. The molecule has 0 aliphatic heterocycles. The molecular weight excluding hydrogens is 556 g/mol. The SMILES string of the molecule is CC(C)(C)[C@H]1CCc2c(sc(N=Cc3cn(CC(=O)Nc4ccccc4)c4ccccc34)c2C(=O)NCc2ccco2)C1. The van der Waals surface area contributed by atoms with E-state index in [1.807, 2.05) is 83.7 Å². The lowest BCUT2D eigenvalue weighted by Crippen LogP contribution is -2.28. The second-order valence-electron chi connectivity index (χ2n) is 12.2. The van der Waals surface area contributed by atoms with Gasteiger partial charge < -0.3 is 19.6 Å². The van der Waals surface area contributed by atoms with Crippen LogP contribution in [0.1, 0.15) is 59.3 Å². The van der Waals surface area contributed by atoms with Crippen molar-refractivity contribution in [1.82, 2.24) is 9.88 Å². The average Bonchev–Trinajstić information content (AvgIpc) is 3.72. The number of aliphatic imine (C=N–C) groups is 1. The number of para-hydroxylation sites is 2. The molecule has 0 fully saturated rings. The fraction of sp³-hybridized carbons (Fsp3) is 0.286. The van der Waals surface area contributed by atoms with E-state index in [2.05, 4.69) is 31.4 Å². The van der Waals surface area contributed by atoms with E-state index in [1.54, 1.807) is 17.6 Å². The molecule has 0 saturated carbocycles. The third kappa shape index (κ3) is 6.34. The Hall–Kier alpha value is -4.43. The van der Waals surface area contributed by atoms with E-state index >= 15 is 0 Å². The number of fused-ring (bicyclic) bond motifs is 2. The largest absolute Gasteiger partial charge is 0.467 e. The van der Waals surface area contributed by atoms with Crippen LogP contribution in [0, 0.1) is 11.3 Å². The number of nitrogens with zero attached hydrogens (tertiary/aromatic N) is 2. The van der Waals surface area contributed by atoms with Crippen molar-refractivity contribution in [1.29, 1.82) is 0 Å². The van der Waals surface area contributed by atoms with Crippen molar-refractivity contribution in [3.05, 3.63) is 107 Å². The van der Waals surface area contributed by atoms with Gasteiger partial charge in [0.15, 0.2) is 0 Å². The molecule has 0 unspecified atom stereocenters. The van der Waals surface area contributed by atoms with Crippen LogP contribution >= 0.6 is 11.3 Å². The molecule has 8 heteroatoms. The summed E-state index contributed by atoms with van der Waals surface area (Å²) >= 11 is 1.62. The van der Waals surface area contributed by atoms with Crippen LogP contribution in [-0.2, 0) is 30.7 Å². The number of benzene rings is 2. The van der Waals surface area contributed by atoms with Gasteiger partial charge in [-0.2, -0.15) is 0 Å². The minimum absolute atomic E-state index is 0.106. The van der Waals surface area contributed by atoms with Gasteiger partial charge in [0.05, 0.1) is 18.4 Å². The molecule has 2 amide bonds. The van der Waals surface area contributed by atoms with Gasteiger partial charge in [0.2, 0.25) is 5.91 Å². The van der Waals surface area contributed by atoms with Gasteiger partial charge in [0.1, 0.15) is 17.3 Å². The molecule has 0 saturated heterocycles. The summed E-state index contributed by atoms with van der Waals surface area (Å²) in [7, 11) is 0. The second-order valence-corrected chi connectivity index (χ2v) is 13.2. The number of carbonyl (C=O) groups is 2. The molecule has 1 atom stereocenters. The highest BCUT2D eigenvalue weighted by molar-refractivity contribution is 7.16. The Kier molecular flexibility index (Phi) is 8.04. The molecule has 43 heavy (non-hydrogen) atoms. The maximum atomic E-state index is 13.6. The summed E-state index contributed by atoms with van der Waals surface area (Å²) in [5.74, 6) is 1.02. The fourth-order valence-corrected chi connectivity index (χ4v) is 7.09. The van der Waals surface area contributed by atoms with Crippen molar-refractivity contribution in [2.75, 3.05) is 5.32 Å². The molecule has 0 spiro atoms. The van der Waals surface area contributed by atoms with Crippen molar-refractivity contribution < 1.29 is 14.0 Å². The monoisotopic (exact) mass is 592 g/mol. The van der Waals surface area contributed by atoms with Crippen LogP contribution in [0.2, 0.25) is 0 Å². The van der Waals surface area contributed by atoms with Crippen LogP contribution in [0.3, 0.4) is 0 Å². The van der Waals surface area contributed by atoms with Crippen LogP contribution < -0.4 is 10.6 Å². The van der Waals surface area contributed by atoms with Gasteiger partial charge >= 0.3 is 0 Å². The Morgan fingerprint density at radius 3 is 2.63 bits per heavy atom. The van der Waals surface area contributed by atoms with Crippen molar-refractivity contribution in [2.45, 2.75) is 53.1 Å². The minimum atomic E-state index is -0.129. The van der Waals surface area contributed by atoms with Crippen LogP contribution in [0.4, 0.5) is 10.7 Å². The minimum Gasteiger partial charge on any atom is -0.467 e. The number of amides is 2. The summed E-state index contributed by atoms with van der Waals surface area (Å²) in [6.07, 6.45) is 8.26. The Morgan fingerprint density at radius 2 is 1.86 bits per heavy atom. The normalized spacial score (nSPS) is 15.1. The maximum absolute atomic E-state index is 13.6. The summed E-state index contributed by atoms with van der Waals surface area (Å²) in [4.78, 5) is 32.7. The number of aromatic nitrogens is 1. The Labute approximate surface area is 255 Å². The van der Waals surface area contributed by atoms with E-state index in [0.29, 0.717) is 23.8 Å². The number of thiophene rings is 1. The van der Waals surface area contributed by atoms with Gasteiger partial charge in [-0.1, -0.05) is 57.2 Å². The first-order chi connectivity index (χ1) is 20.8. The standard InChI is InChI=1S/C35H36N4O3S/c1-35(2,3)24-15-16-28-30(18-24)43-34(32(28)33(41)36-20-26-12-9-17-42-26)37-19-23-21-39(29-14-8-7-13-27(23)29)22-31(40)38-25-10-5-4-6-11-25/h4-14,17,19,21,24H,15-16,18,20,22H2,1-3H3,(H,36,41)(H,38,40)/t24-/m0/s1. The van der Waals surface area contributed by atoms with Crippen LogP contribution in [0.25, 0.3) is 10.9 Å². The van der Waals surface area contributed by atoms with Gasteiger partial charge in [0, 0.05) is 39.4 Å². The van der Waals surface area contributed by atoms with E-state index < -0.39 is 0 Å². The predicted molar refractivity (Wildman–Crippen MR) is 173 cm³/mol. The third-order valence-electron chi connectivity index (χ3n) is 8.21. The molecule has 6 rings (SSSR count). The van der Waals surface area contributed by atoms with Crippen LogP contribution in [-0.4, -0.2) is 22.6 Å². The number of furan rings is 1. The summed E-state index contributed by atoms with van der Waals surface area (Å²) < 4.78 is 7.38. The molecule has 1 aliphatic rings. The van der Waals surface area contributed by atoms with E-state index in [-0.39, 0.29) is 23.8 Å². The Bertz CT molecular complexity index is 1770. The van der Waals surface area contributed by atoms with E-state index in [9.17, 15) is 9.59 Å². The Balaban J connectivity index is 1.30. The average molecular weight is 593 g/mol. The van der Waals surface area contributed by atoms with Crippen LogP contribution in [0.15, 0.2) is 88.6 Å². The number of hydrogen-bond acceptors (Lipinski definition) is 5. The zero-order chi connectivity index (χ0) is 30.0. The topological polar surface area (TPSA) is 88.6 Å². The fourth-order valence-electron chi connectivity index (χ4n) is 5.82. The van der Waals surface area contributed by atoms with Gasteiger partial charge in [0.25, 0.3) is 5.91 Å². The summed E-state index contributed by atoms with van der Waals surface area (Å²) in [5.41, 5.74) is 4.59. The van der Waals surface area contributed by atoms with Gasteiger partial charge in [-0.15, -0.1) is 11.3 Å². The predicted octanol–water partition coefficient (Wildman–Crippen LogP) is 7.77. The molecule has 0 bridgehead atoms. The van der Waals surface area contributed by atoms with Crippen molar-refractivity contribution in [3.63, 3.8) is 0 Å². The summed E-state index contributed by atoms with van der Waals surface area (Å²) in [6.45, 7) is 7.38. The zero-order valence-electron chi connectivity index (χ0n) is 24.7. The lowest BCUT2D eigenvalue weighted by molar-refractivity contribution is -0.116. The molecule has 220 valence electrons. The van der Waals surface area contributed by atoms with E-state index in [0.717, 1.165) is 52.0 Å². The smallest absolute Gasteiger partial charge is 0.255 e. The molecule has 5 aromatic rings. The first-order valence-corrected chi connectivity index (χ1v) is 15.5. The number of hydrogen-bond donors (Lipinski definition) is 2. The zero-order valence-corrected chi connectivity index (χ0v) is 25.5. The number of carbonyl (C=O) groups excluding carboxylic acids is 2. The molecule has 3 aromatic heterocycles. The summed E-state index contributed by atoms with van der Waals surface area (Å²) in [6, 6.07) is 21.1. The Morgan fingerprint density at radius 1 is 1.07 bits per heavy atom. The molecular formula is C35H36N4O3S. The first-order valence-electron chi connectivity index (χ1n) is 14.7. The maximum Gasteiger partial charge on any atom is 0.255 e. The molecule has 7 nitrogen and oxygen atoms in total. The van der Waals surface area contributed by atoms with Gasteiger partial charge in [-0.3, -0.25) is 9.59 Å². The number of rotatable bonds is 8. The first kappa shape index (κ1) is 28.7. The lowest BCUT2D eigenvalue weighted by atomic mass is 9.72. The lowest BCUT2D eigenvalue weighted by Gasteiger charge is -2.33. The quantitative estimate of drug-likeness (QED) is 0.181. The van der Waals surface area contributed by atoms with Crippen molar-refractivity contribution in [3.8, 4) is 0 Å². The number of anilines is 1. The van der Waals surface area contributed by atoms with Crippen molar-refractivity contribution in [2.24, 2.45) is 16.3 Å². The van der Waals surface area contributed by atoms with Gasteiger partial charge in [-0.25, -0.2) is 4.99 Å². The molecule has 2 N–H and O–H groups in total. The molecule has 3 heterocycles. The number of nitrogens with one attached hydrogen (secondary N) is 2. The summed E-state index contributed by atoms with van der Waals surface area (Å²) in [5, 5.41) is 7.72.